The Hall–Kier alpha value is -0.480. The number of unbranched alkanes of at least 4 members (excludes halogenated alkanes) is 1. The quantitative estimate of drug-likeness (QED) is 0.342. The predicted octanol–water partition coefficient (Wildman–Crippen LogP) is 2.38. The molecule has 11 heavy (non-hydrogen) atoms. The summed E-state index contributed by atoms with van der Waals surface area (Å²) in [6.07, 6.45) is 8.56. The van der Waals surface area contributed by atoms with Crippen LogP contribution in [0.2, 0.25) is 0 Å². The number of Topliss-reactive ketones (excluding diaryl/α,β-unsaturated/α-hetero) is 1. The van der Waals surface area contributed by atoms with Gasteiger partial charge < -0.3 is 0 Å². The number of alkyl halides is 1. The van der Waals surface area contributed by atoms with E-state index in [0.717, 1.165) is 12.8 Å². The normalized spacial score (nSPS) is 9.09. The molecule has 1 nitrogen and oxygen atoms in total. The van der Waals surface area contributed by atoms with E-state index in [-0.39, 0.29) is 5.78 Å². The fraction of sp³-hybridized carbons (Fsp3) is 0.667. The molecule has 0 rings (SSSR count). The van der Waals surface area contributed by atoms with Gasteiger partial charge in [-0.2, -0.15) is 0 Å². The van der Waals surface area contributed by atoms with Crippen molar-refractivity contribution in [3.8, 4) is 12.3 Å². The molecule has 0 radical (unpaired) electrons. The van der Waals surface area contributed by atoms with E-state index >= 15 is 0 Å². The van der Waals surface area contributed by atoms with Crippen LogP contribution in [0.25, 0.3) is 0 Å². The summed E-state index contributed by atoms with van der Waals surface area (Å²) in [6, 6.07) is 0. The summed E-state index contributed by atoms with van der Waals surface area (Å²) in [4.78, 5) is 10.9. The first-order chi connectivity index (χ1) is 5.31. The minimum absolute atomic E-state index is 0.279. The fourth-order valence-electron chi connectivity index (χ4n) is 0.777. The van der Waals surface area contributed by atoms with Gasteiger partial charge >= 0.3 is 0 Å². The molecule has 0 unspecified atom stereocenters. The van der Waals surface area contributed by atoms with Crippen molar-refractivity contribution in [2.24, 2.45) is 0 Å². The van der Waals surface area contributed by atoms with Crippen molar-refractivity contribution in [3.63, 3.8) is 0 Å². The number of carbonyl (C=O) groups is 1. The van der Waals surface area contributed by atoms with Gasteiger partial charge in [0.05, 0.1) is 0 Å². The molecular formula is C9H13ClO. The van der Waals surface area contributed by atoms with E-state index in [4.69, 9.17) is 18.0 Å². The average molecular weight is 173 g/mol. The third kappa shape index (κ3) is 7.42. The smallest absolute Gasteiger partial charge is 0.132 e. The van der Waals surface area contributed by atoms with Crippen LogP contribution in [-0.2, 0) is 4.79 Å². The Labute approximate surface area is 73.1 Å². The van der Waals surface area contributed by atoms with E-state index in [1.807, 2.05) is 0 Å². The highest BCUT2D eigenvalue weighted by molar-refractivity contribution is 6.17. The maximum absolute atomic E-state index is 10.9. The van der Waals surface area contributed by atoms with Crippen molar-refractivity contribution in [2.45, 2.75) is 32.1 Å². The Morgan fingerprint density at radius 2 is 2.00 bits per heavy atom. The molecule has 2 heteroatoms. The highest BCUT2D eigenvalue weighted by Gasteiger charge is 1.99. The highest BCUT2D eigenvalue weighted by Crippen LogP contribution is 2.01. The largest absolute Gasteiger partial charge is 0.300 e. The summed E-state index contributed by atoms with van der Waals surface area (Å²) in [7, 11) is 0. The van der Waals surface area contributed by atoms with Crippen LogP contribution in [-0.4, -0.2) is 11.7 Å². The first-order valence-electron chi connectivity index (χ1n) is 3.82. The molecule has 0 bridgehead atoms. The standard InChI is InChI=1S/C9H13ClO/c1-2-3-4-6-9(11)7-5-8-10/h1H,3-8H2. The lowest BCUT2D eigenvalue weighted by atomic mass is 10.1. The van der Waals surface area contributed by atoms with Gasteiger partial charge in [0, 0.05) is 25.1 Å². The molecule has 0 spiro atoms. The number of carbonyl (C=O) groups excluding carboxylic acids is 1. The predicted molar refractivity (Wildman–Crippen MR) is 47.6 cm³/mol. The van der Waals surface area contributed by atoms with Gasteiger partial charge in [-0.3, -0.25) is 4.79 Å². The van der Waals surface area contributed by atoms with Gasteiger partial charge in [-0.25, -0.2) is 0 Å². The fourth-order valence-corrected chi connectivity index (χ4v) is 0.910. The zero-order valence-corrected chi connectivity index (χ0v) is 7.36. The molecule has 0 heterocycles. The van der Waals surface area contributed by atoms with Crippen molar-refractivity contribution in [1.82, 2.24) is 0 Å². The first-order valence-corrected chi connectivity index (χ1v) is 4.36. The van der Waals surface area contributed by atoms with E-state index < -0.39 is 0 Å². The number of ketones is 1. The average Bonchev–Trinajstić information content (AvgIpc) is 2.01. The van der Waals surface area contributed by atoms with E-state index in [0.29, 0.717) is 25.1 Å². The molecule has 0 saturated carbocycles. The minimum atomic E-state index is 0.279. The molecule has 0 aromatic carbocycles. The lowest BCUT2D eigenvalue weighted by molar-refractivity contribution is -0.119. The maximum Gasteiger partial charge on any atom is 0.132 e. The first kappa shape index (κ1) is 10.5. The molecule has 0 aliphatic carbocycles. The van der Waals surface area contributed by atoms with E-state index in [1.54, 1.807) is 0 Å². The third-order valence-electron chi connectivity index (χ3n) is 1.37. The van der Waals surface area contributed by atoms with Crippen LogP contribution in [0.15, 0.2) is 0 Å². The lowest BCUT2D eigenvalue weighted by Gasteiger charge is -1.95. The molecule has 0 atom stereocenters. The van der Waals surface area contributed by atoms with Gasteiger partial charge in [-0.1, -0.05) is 0 Å². The molecule has 0 aromatic heterocycles. The molecule has 62 valence electrons. The zero-order valence-electron chi connectivity index (χ0n) is 6.61. The van der Waals surface area contributed by atoms with Gasteiger partial charge in [0.25, 0.3) is 0 Å². The second kappa shape index (κ2) is 7.63. The van der Waals surface area contributed by atoms with Gasteiger partial charge in [0.15, 0.2) is 0 Å². The van der Waals surface area contributed by atoms with Crippen molar-refractivity contribution >= 4 is 17.4 Å². The van der Waals surface area contributed by atoms with Crippen LogP contribution in [0.5, 0.6) is 0 Å². The lowest BCUT2D eigenvalue weighted by Crippen LogP contribution is -1.97. The zero-order chi connectivity index (χ0) is 8.53. The number of terminal acetylenes is 1. The molecule has 0 aromatic rings. The Morgan fingerprint density at radius 3 is 2.55 bits per heavy atom. The second-order valence-corrected chi connectivity index (χ2v) is 2.77. The summed E-state index contributed by atoms with van der Waals surface area (Å²) in [5.41, 5.74) is 0. The Morgan fingerprint density at radius 1 is 1.36 bits per heavy atom. The monoisotopic (exact) mass is 172 g/mol. The van der Waals surface area contributed by atoms with Gasteiger partial charge in [-0.05, 0) is 12.8 Å². The van der Waals surface area contributed by atoms with Crippen molar-refractivity contribution in [1.29, 1.82) is 0 Å². The molecule has 0 amide bonds. The number of halogens is 1. The summed E-state index contributed by atoms with van der Waals surface area (Å²) in [5.74, 6) is 3.35. The Bertz CT molecular complexity index is 146. The van der Waals surface area contributed by atoms with Crippen molar-refractivity contribution in [2.75, 3.05) is 5.88 Å². The van der Waals surface area contributed by atoms with Crippen LogP contribution < -0.4 is 0 Å². The highest BCUT2D eigenvalue weighted by atomic mass is 35.5. The SMILES string of the molecule is C#CCCCC(=O)CCCCl. The van der Waals surface area contributed by atoms with Gasteiger partial charge in [0.1, 0.15) is 5.78 Å². The van der Waals surface area contributed by atoms with Crippen LogP contribution in [0.1, 0.15) is 32.1 Å². The molecular weight excluding hydrogens is 160 g/mol. The number of hydrogen-bond donors (Lipinski definition) is 0. The van der Waals surface area contributed by atoms with E-state index in [1.165, 1.54) is 0 Å². The third-order valence-corrected chi connectivity index (χ3v) is 1.63. The summed E-state index contributed by atoms with van der Waals surface area (Å²) in [5, 5.41) is 0. The van der Waals surface area contributed by atoms with Crippen molar-refractivity contribution < 1.29 is 4.79 Å². The second-order valence-electron chi connectivity index (χ2n) is 2.39. The maximum atomic E-state index is 10.9. The summed E-state index contributed by atoms with van der Waals surface area (Å²) < 4.78 is 0. The number of hydrogen-bond acceptors (Lipinski definition) is 1. The summed E-state index contributed by atoms with van der Waals surface area (Å²) >= 11 is 5.42. The summed E-state index contributed by atoms with van der Waals surface area (Å²) in [6.45, 7) is 0. The van der Waals surface area contributed by atoms with Crippen LogP contribution >= 0.6 is 11.6 Å². The Kier molecular flexibility index (Phi) is 7.29. The minimum Gasteiger partial charge on any atom is -0.300 e. The van der Waals surface area contributed by atoms with Crippen LogP contribution in [0, 0.1) is 12.3 Å². The van der Waals surface area contributed by atoms with Gasteiger partial charge in [0.2, 0.25) is 0 Å². The molecule has 0 aliphatic heterocycles. The molecule has 0 N–H and O–H groups in total. The molecule has 0 saturated heterocycles. The van der Waals surface area contributed by atoms with Crippen molar-refractivity contribution in [3.05, 3.63) is 0 Å². The molecule has 0 fully saturated rings. The van der Waals surface area contributed by atoms with Gasteiger partial charge in [-0.15, -0.1) is 23.9 Å². The Balaban J connectivity index is 3.17. The molecule has 0 aliphatic rings. The number of rotatable bonds is 6. The van der Waals surface area contributed by atoms with E-state index in [2.05, 4.69) is 5.92 Å². The van der Waals surface area contributed by atoms with Crippen LogP contribution in [0.4, 0.5) is 0 Å². The van der Waals surface area contributed by atoms with Crippen LogP contribution in [0.3, 0.4) is 0 Å². The van der Waals surface area contributed by atoms with E-state index in [9.17, 15) is 4.79 Å². The topological polar surface area (TPSA) is 17.1 Å².